The van der Waals surface area contributed by atoms with E-state index in [0.717, 1.165) is 0 Å². The van der Waals surface area contributed by atoms with E-state index in [1.54, 1.807) is 0 Å². The Morgan fingerprint density at radius 1 is 1.18 bits per heavy atom. The predicted molar refractivity (Wildman–Crippen MR) is 63.2 cm³/mol. The highest BCUT2D eigenvalue weighted by molar-refractivity contribution is 8.66. The third-order valence-electron chi connectivity index (χ3n) is 2.26. The first kappa shape index (κ1) is 14.2. The van der Waals surface area contributed by atoms with Gasteiger partial charge in [-0.05, 0) is 23.8 Å². The summed E-state index contributed by atoms with van der Waals surface area (Å²) in [5.74, 6) is 0.577. The van der Waals surface area contributed by atoms with Gasteiger partial charge in [0.1, 0.15) is 5.75 Å². The Morgan fingerprint density at radius 3 is 2.41 bits per heavy atom. The van der Waals surface area contributed by atoms with Crippen molar-refractivity contribution in [3.05, 3.63) is 23.8 Å². The lowest BCUT2D eigenvalue weighted by molar-refractivity contribution is 0.356. The monoisotopic (exact) mass is 299 g/mol. The van der Waals surface area contributed by atoms with Crippen LogP contribution in [0.25, 0.3) is 0 Å². The molecule has 1 aliphatic heterocycles. The quantitative estimate of drug-likeness (QED) is 0.775. The van der Waals surface area contributed by atoms with Crippen LogP contribution in [0.3, 0.4) is 0 Å². The summed E-state index contributed by atoms with van der Waals surface area (Å²) in [5.41, 5.74) is 0.671. The van der Waals surface area contributed by atoms with Crippen molar-refractivity contribution in [2.24, 2.45) is 5.14 Å². The average molecular weight is 300 g/mol. The van der Waals surface area contributed by atoms with Crippen LogP contribution in [-0.2, 0) is 24.3 Å². The number of hydrogen-bond donors (Lipinski definition) is 1. The van der Waals surface area contributed by atoms with Gasteiger partial charge >= 0.3 is 9.06 Å². The SMILES string of the molecule is Cl.NS(=O)(=O)S(=O)(=O)c1ccc2c(c1)CCO2. The van der Waals surface area contributed by atoms with Gasteiger partial charge in [-0.1, -0.05) is 0 Å². The van der Waals surface area contributed by atoms with Gasteiger partial charge in [-0.15, -0.1) is 12.4 Å². The summed E-state index contributed by atoms with van der Waals surface area (Å²) in [6.45, 7) is 0.466. The zero-order valence-corrected chi connectivity index (χ0v) is 10.9. The van der Waals surface area contributed by atoms with Crippen LogP contribution in [0, 0.1) is 0 Å². The molecule has 2 rings (SSSR count). The molecule has 0 saturated heterocycles. The maximum absolute atomic E-state index is 11.5. The molecule has 1 heterocycles. The molecule has 0 amide bonds. The van der Waals surface area contributed by atoms with E-state index in [-0.39, 0.29) is 17.3 Å². The lowest BCUT2D eigenvalue weighted by Gasteiger charge is -2.03. The zero-order chi connectivity index (χ0) is 12.0. The second-order valence-electron chi connectivity index (χ2n) is 3.31. The lowest BCUT2D eigenvalue weighted by Crippen LogP contribution is -2.23. The van der Waals surface area contributed by atoms with Gasteiger partial charge in [-0.2, -0.15) is 8.42 Å². The van der Waals surface area contributed by atoms with Gasteiger partial charge in [0.2, 0.25) is 0 Å². The Kier molecular flexibility index (Phi) is 3.72. The van der Waals surface area contributed by atoms with E-state index < -0.39 is 17.9 Å². The van der Waals surface area contributed by atoms with Crippen molar-refractivity contribution >= 4 is 30.3 Å². The van der Waals surface area contributed by atoms with Crippen molar-refractivity contribution in [1.82, 2.24) is 0 Å². The van der Waals surface area contributed by atoms with Crippen molar-refractivity contribution in [3.63, 3.8) is 0 Å². The molecule has 96 valence electrons. The van der Waals surface area contributed by atoms with E-state index in [1.165, 1.54) is 18.2 Å². The Balaban J connectivity index is 0.00000144. The Labute approximate surface area is 105 Å². The van der Waals surface area contributed by atoms with Gasteiger partial charge in [0.25, 0.3) is 8.87 Å². The van der Waals surface area contributed by atoms with Crippen molar-refractivity contribution in [1.29, 1.82) is 0 Å². The van der Waals surface area contributed by atoms with E-state index in [1.807, 2.05) is 0 Å². The lowest BCUT2D eigenvalue weighted by atomic mass is 10.2. The standard InChI is InChI=1S/C8H9NO5S2.ClH/c9-16(12,13)15(10,11)7-1-2-8-6(5-7)3-4-14-8;/h1-2,5H,3-4H2,(H2,9,12,13);1H. The van der Waals surface area contributed by atoms with Gasteiger partial charge in [0, 0.05) is 6.42 Å². The van der Waals surface area contributed by atoms with Gasteiger partial charge in [-0.25, -0.2) is 13.6 Å². The van der Waals surface area contributed by atoms with Gasteiger partial charge < -0.3 is 4.74 Å². The number of rotatable bonds is 2. The third-order valence-corrected chi connectivity index (χ3v) is 6.11. The van der Waals surface area contributed by atoms with Crippen molar-refractivity contribution < 1.29 is 21.6 Å². The highest BCUT2D eigenvalue weighted by Crippen LogP contribution is 2.28. The van der Waals surface area contributed by atoms with E-state index in [0.29, 0.717) is 24.3 Å². The molecule has 2 N–H and O–H groups in total. The van der Waals surface area contributed by atoms with Crippen LogP contribution in [-0.4, -0.2) is 23.4 Å². The normalized spacial score (nSPS) is 14.6. The fourth-order valence-corrected chi connectivity index (χ4v) is 3.36. The summed E-state index contributed by atoms with van der Waals surface area (Å²) < 4.78 is 50.0. The van der Waals surface area contributed by atoms with E-state index >= 15 is 0 Å². The summed E-state index contributed by atoms with van der Waals surface area (Å²) in [4.78, 5) is -0.320. The number of benzene rings is 1. The van der Waals surface area contributed by atoms with Crippen LogP contribution in [0.4, 0.5) is 0 Å². The maximum Gasteiger partial charge on any atom is 0.319 e. The topological polar surface area (TPSA) is 104 Å². The number of ether oxygens (including phenoxy) is 1. The van der Waals surface area contributed by atoms with Crippen molar-refractivity contribution in [3.8, 4) is 5.75 Å². The Hall–Kier alpha value is -0.830. The van der Waals surface area contributed by atoms with Gasteiger partial charge in [0.15, 0.2) is 0 Å². The van der Waals surface area contributed by atoms with Crippen LogP contribution in [0.5, 0.6) is 5.75 Å². The first-order chi connectivity index (χ1) is 7.32. The van der Waals surface area contributed by atoms with Crippen molar-refractivity contribution in [2.75, 3.05) is 6.61 Å². The minimum atomic E-state index is -4.64. The van der Waals surface area contributed by atoms with Gasteiger partial charge in [0.05, 0.1) is 11.5 Å². The molecule has 0 saturated carbocycles. The fourth-order valence-electron chi connectivity index (χ4n) is 1.45. The summed E-state index contributed by atoms with van der Waals surface area (Å²) in [7, 11) is -9.14. The average Bonchev–Trinajstić information content (AvgIpc) is 2.61. The molecule has 0 unspecified atom stereocenters. The molecule has 1 aromatic rings. The summed E-state index contributed by atoms with van der Waals surface area (Å²) in [6.07, 6.45) is 0.559. The van der Waals surface area contributed by atoms with Gasteiger partial charge in [-0.3, -0.25) is 0 Å². The van der Waals surface area contributed by atoms with Crippen LogP contribution in [0.1, 0.15) is 5.56 Å². The Morgan fingerprint density at radius 2 is 1.82 bits per heavy atom. The molecule has 0 bridgehead atoms. The highest BCUT2D eigenvalue weighted by atomic mass is 35.5. The molecule has 0 spiro atoms. The summed E-state index contributed by atoms with van der Waals surface area (Å²) >= 11 is 0. The molecule has 9 heteroatoms. The minimum absolute atomic E-state index is 0. The summed E-state index contributed by atoms with van der Waals surface area (Å²) in [5, 5.41) is 4.64. The van der Waals surface area contributed by atoms with E-state index in [2.05, 4.69) is 5.14 Å². The number of nitrogens with two attached hydrogens (primary N) is 1. The second-order valence-corrected chi connectivity index (χ2v) is 8.39. The number of fused-ring (bicyclic) bond motifs is 1. The maximum atomic E-state index is 11.5. The molecule has 1 aliphatic rings. The Bertz CT molecular complexity index is 638. The molecule has 0 radical (unpaired) electrons. The van der Waals surface area contributed by atoms with Crippen molar-refractivity contribution in [2.45, 2.75) is 11.3 Å². The van der Waals surface area contributed by atoms with E-state index in [9.17, 15) is 16.8 Å². The molecule has 1 aromatic carbocycles. The summed E-state index contributed by atoms with van der Waals surface area (Å²) in [6, 6.07) is 3.88. The second kappa shape index (κ2) is 4.45. The predicted octanol–water partition coefficient (Wildman–Crippen LogP) is 0.0205. The molecule has 0 aliphatic carbocycles. The molecule has 0 atom stereocenters. The molecular formula is C8H10ClNO5S2. The molecular weight excluding hydrogens is 290 g/mol. The molecule has 0 fully saturated rings. The first-order valence-electron chi connectivity index (χ1n) is 4.36. The molecule has 0 aromatic heterocycles. The zero-order valence-electron chi connectivity index (χ0n) is 8.49. The van der Waals surface area contributed by atoms with Crippen LogP contribution < -0.4 is 9.88 Å². The third kappa shape index (κ3) is 2.39. The molecule has 17 heavy (non-hydrogen) atoms. The van der Waals surface area contributed by atoms with Crippen LogP contribution in [0.15, 0.2) is 23.1 Å². The number of halogens is 1. The highest BCUT2D eigenvalue weighted by Gasteiger charge is 2.29. The van der Waals surface area contributed by atoms with Crippen LogP contribution >= 0.6 is 12.4 Å². The largest absolute Gasteiger partial charge is 0.493 e. The first-order valence-corrected chi connectivity index (χ1v) is 7.90. The molecule has 6 nitrogen and oxygen atoms in total. The minimum Gasteiger partial charge on any atom is -0.493 e. The van der Waals surface area contributed by atoms with E-state index in [4.69, 9.17) is 4.74 Å². The number of hydrogen-bond acceptors (Lipinski definition) is 5. The smallest absolute Gasteiger partial charge is 0.319 e. The fraction of sp³-hybridized carbons (Fsp3) is 0.250. The van der Waals surface area contributed by atoms with Crippen LogP contribution in [0.2, 0.25) is 0 Å².